The quantitative estimate of drug-likeness (QED) is 0.571. The molecule has 2 amide bonds. The Hall–Kier alpha value is -2.96. The van der Waals surface area contributed by atoms with Gasteiger partial charge in [0.05, 0.1) is 23.4 Å². The number of anilines is 1. The molecule has 1 aliphatic rings. The summed E-state index contributed by atoms with van der Waals surface area (Å²) in [4.78, 5) is 24.7. The molecule has 0 aliphatic carbocycles. The lowest BCUT2D eigenvalue weighted by Gasteiger charge is -2.22. The van der Waals surface area contributed by atoms with Crippen LogP contribution in [0.4, 0.5) is 5.69 Å². The van der Waals surface area contributed by atoms with Crippen molar-refractivity contribution in [1.29, 1.82) is 0 Å². The van der Waals surface area contributed by atoms with Crippen LogP contribution in [0.3, 0.4) is 0 Å². The number of aryl methyl sites for hydroxylation is 1. The highest BCUT2D eigenvalue weighted by atomic mass is 32.2. The Morgan fingerprint density at radius 1 is 1.06 bits per heavy atom. The number of rotatable bonds is 6. The first-order valence-corrected chi connectivity index (χ1v) is 13.3. The van der Waals surface area contributed by atoms with Crippen LogP contribution in [0.1, 0.15) is 28.4 Å². The summed E-state index contributed by atoms with van der Waals surface area (Å²) in [5.41, 5.74) is 6.82. The van der Waals surface area contributed by atoms with Crippen molar-refractivity contribution < 1.29 is 26.4 Å². The molecule has 2 N–H and O–H groups in total. The van der Waals surface area contributed by atoms with Gasteiger partial charge < -0.3 is 0 Å². The number of hydrogen-bond acceptors (Lipinski definition) is 6. The van der Waals surface area contributed by atoms with E-state index in [1.54, 1.807) is 31.2 Å². The number of nitrogens with zero attached hydrogens (tertiary/aromatic N) is 2. The fraction of sp³-hybridized carbons (Fsp3) is 0.333. The van der Waals surface area contributed by atoms with E-state index < -0.39 is 38.4 Å². The second-order valence-electron chi connectivity index (χ2n) is 8.03. The molecule has 12 heteroatoms. The molecule has 33 heavy (non-hydrogen) atoms. The predicted molar refractivity (Wildman–Crippen MR) is 124 cm³/mol. The number of hydrogen-bond donors (Lipinski definition) is 2. The lowest BCUT2D eigenvalue weighted by Crippen LogP contribution is -2.46. The third-order valence-corrected chi connectivity index (χ3v) is 8.35. The highest BCUT2D eigenvalue weighted by Gasteiger charge is 2.33. The van der Waals surface area contributed by atoms with Crippen LogP contribution in [0.15, 0.2) is 47.4 Å². The van der Waals surface area contributed by atoms with Crippen LogP contribution in [0.2, 0.25) is 0 Å². The van der Waals surface area contributed by atoms with Gasteiger partial charge in [-0.2, -0.15) is 4.31 Å². The van der Waals surface area contributed by atoms with Gasteiger partial charge in [-0.1, -0.05) is 17.7 Å². The molecule has 178 valence electrons. The molecule has 0 saturated heterocycles. The number of amides is 2. The van der Waals surface area contributed by atoms with Gasteiger partial charge in [0.2, 0.25) is 20.0 Å². The van der Waals surface area contributed by atoms with Crippen LogP contribution in [0, 0.1) is 6.92 Å². The van der Waals surface area contributed by atoms with Gasteiger partial charge in [0.15, 0.2) is 0 Å². The molecule has 2 aromatic rings. The third kappa shape index (κ3) is 5.34. The summed E-state index contributed by atoms with van der Waals surface area (Å²) in [5.74, 6) is -1.33. The minimum Gasteiger partial charge on any atom is -0.272 e. The number of carbonyl (C=O) groups is 2. The summed E-state index contributed by atoms with van der Waals surface area (Å²) in [6.45, 7) is 3.11. The minimum atomic E-state index is -3.86. The second kappa shape index (κ2) is 9.12. The van der Waals surface area contributed by atoms with E-state index in [9.17, 15) is 26.4 Å². The van der Waals surface area contributed by atoms with Gasteiger partial charge in [0.1, 0.15) is 0 Å². The van der Waals surface area contributed by atoms with Crippen molar-refractivity contribution in [2.45, 2.75) is 31.2 Å². The van der Waals surface area contributed by atoms with Crippen molar-refractivity contribution in [3.63, 3.8) is 0 Å². The van der Waals surface area contributed by atoms with E-state index in [0.29, 0.717) is 17.7 Å². The molecule has 0 aromatic heterocycles. The standard InChI is InChI=1S/C21H26N4O6S2/c1-14-5-8-18(9-6-14)33(30,31)24(3)13-20(26)22-23-21(27)16-7-10-19-17(12-16)11-15(2)25(19)32(4,28)29/h5-10,12,15H,11,13H2,1-4H3,(H,22,26)(H,23,27)/t15-/m0/s1. The zero-order valence-corrected chi connectivity index (χ0v) is 20.3. The van der Waals surface area contributed by atoms with Crippen molar-refractivity contribution in [3.8, 4) is 0 Å². The fourth-order valence-corrected chi connectivity index (χ4v) is 6.06. The lowest BCUT2D eigenvalue weighted by molar-refractivity contribution is -0.121. The summed E-state index contributed by atoms with van der Waals surface area (Å²) < 4.78 is 51.4. The first-order chi connectivity index (χ1) is 15.3. The van der Waals surface area contributed by atoms with Crippen molar-refractivity contribution in [3.05, 3.63) is 59.2 Å². The zero-order valence-electron chi connectivity index (χ0n) is 18.7. The SMILES string of the molecule is Cc1ccc(S(=O)(=O)N(C)CC(=O)NNC(=O)c2ccc3c(c2)C[C@H](C)N3S(C)(=O)=O)cc1. The molecule has 0 bridgehead atoms. The first-order valence-electron chi connectivity index (χ1n) is 10.0. The molecule has 0 spiro atoms. The average molecular weight is 495 g/mol. The number of likely N-dealkylation sites (N-methyl/N-ethyl adjacent to an activating group) is 1. The normalized spacial score (nSPS) is 15.9. The third-order valence-electron chi connectivity index (χ3n) is 5.26. The van der Waals surface area contributed by atoms with Crippen LogP contribution in [-0.4, -0.2) is 58.8 Å². The van der Waals surface area contributed by atoms with Gasteiger partial charge in [-0.05, 0) is 56.2 Å². The Morgan fingerprint density at radius 2 is 1.70 bits per heavy atom. The van der Waals surface area contributed by atoms with Gasteiger partial charge >= 0.3 is 0 Å². The van der Waals surface area contributed by atoms with Gasteiger partial charge in [0.25, 0.3) is 11.8 Å². The van der Waals surface area contributed by atoms with Gasteiger partial charge in [-0.3, -0.25) is 24.7 Å². The largest absolute Gasteiger partial charge is 0.272 e. The van der Waals surface area contributed by atoms with Crippen molar-refractivity contribution in [2.75, 3.05) is 24.2 Å². The monoisotopic (exact) mass is 494 g/mol. The van der Waals surface area contributed by atoms with E-state index >= 15 is 0 Å². The van der Waals surface area contributed by atoms with Crippen LogP contribution in [-0.2, 0) is 31.3 Å². The average Bonchev–Trinajstić information content (AvgIpc) is 3.07. The molecule has 1 atom stereocenters. The van der Waals surface area contributed by atoms with E-state index in [4.69, 9.17) is 0 Å². The molecule has 0 radical (unpaired) electrons. The number of hydrazine groups is 1. The van der Waals surface area contributed by atoms with Crippen LogP contribution < -0.4 is 15.2 Å². The van der Waals surface area contributed by atoms with Crippen LogP contribution in [0.5, 0.6) is 0 Å². The number of sulfonamides is 2. The maximum Gasteiger partial charge on any atom is 0.269 e. The van der Waals surface area contributed by atoms with E-state index in [0.717, 1.165) is 16.1 Å². The summed E-state index contributed by atoms with van der Waals surface area (Å²) in [6, 6.07) is 10.6. The van der Waals surface area contributed by atoms with Gasteiger partial charge in [-0.25, -0.2) is 16.8 Å². The fourth-order valence-electron chi connectivity index (χ4n) is 3.66. The molecular weight excluding hydrogens is 468 g/mol. The van der Waals surface area contributed by atoms with Gasteiger partial charge in [-0.15, -0.1) is 0 Å². The summed E-state index contributed by atoms with van der Waals surface area (Å²) in [5, 5.41) is 0. The Balaban J connectivity index is 1.61. The molecule has 3 rings (SSSR count). The number of benzene rings is 2. The minimum absolute atomic E-state index is 0.0583. The molecule has 1 heterocycles. The molecule has 2 aromatic carbocycles. The highest BCUT2D eigenvalue weighted by molar-refractivity contribution is 7.92. The molecule has 0 fully saturated rings. The highest BCUT2D eigenvalue weighted by Crippen LogP contribution is 2.34. The second-order valence-corrected chi connectivity index (χ2v) is 11.9. The van der Waals surface area contributed by atoms with Crippen molar-refractivity contribution >= 4 is 37.5 Å². The van der Waals surface area contributed by atoms with E-state index in [1.165, 1.54) is 29.6 Å². The molecule has 10 nitrogen and oxygen atoms in total. The Bertz CT molecular complexity index is 1290. The Kier molecular flexibility index (Phi) is 6.82. The maximum absolute atomic E-state index is 12.6. The maximum atomic E-state index is 12.6. The van der Waals surface area contributed by atoms with Crippen LogP contribution in [0.25, 0.3) is 0 Å². The zero-order chi connectivity index (χ0) is 24.6. The molecule has 1 aliphatic heterocycles. The molecule has 0 saturated carbocycles. The smallest absolute Gasteiger partial charge is 0.269 e. The first kappa shape index (κ1) is 24.7. The number of nitrogens with one attached hydrogen (secondary N) is 2. The lowest BCUT2D eigenvalue weighted by atomic mass is 10.1. The van der Waals surface area contributed by atoms with E-state index in [-0.39, 0.29) is 16.5 Å². The van der Waals surface area contributed by atoms with Crippen LogP contribution >= 0.6 is 0 Å². The number of fused-ring (bicyclic) bond motifs is 1. The summed E-state index contributed by atoms with van der Waals surface area (Å²) in [6.07, 6.45) is 1.59. The summed E-state index contributed by atoms with van der Waals surface area (Å²) in [7, 11) is -6.04. The Morgan fingerprint density at radius 3 is 2.30 bits per heavy atom. The van der Waals surface area contributed by atoms with Crippen molar-refractivity contribution in [2.24, 2.45) is 0 Å². The molecular formula is C21H26N4O6S2. The van der Waals surface area contributed by atoms with E-state index in [1.807, 2.05) is 6.92 Å². The predicted octanol–water partition coefficient (Wildman–Crippen LogP) is 0.787. The number of carbonyl (C=O) groups excluding carboxylic acids is 2. The summed E-state index contributed by atoms with van der Waals surface area (Å²) >= 11 is 0. The Labute approximate surface area is 193 Å². The van der Waals surface area contributed by atoms with Crippen molar-refractivity contribution in [1.82, 2.24) is 15.2 Å². The van der Waals surface area contributed by atoms with Gasteiger partial charge in [0, 0.05) is 18.7 Å². The molecule has 0 unspecified atom stereocenters. The topological polar surface area (TPSA) is 133 Å². The van der Waals surface area contributed by atoms with E-state index in [2.05, 4.69) is 10.9 Å².